The van der Waals surface area contributed by atoms with Gasteiger partial charge in [-0.15, -0.1) is 0 Å². The van der Waals surface area contributed by atoms with Gasteiger partial charge in [-0.1, -0.05) is 35.8 Å². The third-order valence-corrected chi connectivity index (χ3v) is 4.90. The standard InChI is InChI=1S/C15H22BrNO2S/c1-4-17(5-2)8-9-20-11-13-7-6-12(10-14(13)16)15(18)19-3/h6-7,10H,4-5,8-9,11H2,1-3H3. The van der Waals surface area contributed by atoms with Crippen molar-refractivity contribution in [3.05, 3.63) is 33.8 Å². The lowest BCUT2D eigenvalue weighted by atomic mass is 10.1. The lowest BCUT2D eigenvalue weighted by Crippen LogP contribution is -2.25. The number of esters is 1. The van der Waals surface area contributed by atoms with Crippen LogP contribution < -0.4 is 0 Å². The Labute approximate surface area is 134 Å². The number of ether oxygens (including phenoxy) is 1. The van der Waals surface area contributed by atoms with E-state index in [-0.39, 0.29) is 5.97 Å². The number of hydrogen-bond acceptors (Lipinski definition) is 4. The van der Waals surface area contributed by atoms with Crippen LogP contribution in [0, 0.1) is 0 Å². The maximum absolute atomic E-state index is 11.4. The van der Waals surface area contributed by atoms with Crippen LogP contribution in [0.15, 0.2) is 22.7 Å². The molecule has 3 nitrogen and oxygen atoms in total. The minimum atomic E-state index is -0.300. The molecule has 0 saturated heterocycles. The Kier molecular flexibility index (Phi) is 8.26. The molecule has 0 atom stereocenters. The Morgan fingerprint density at radius 2 is 2.05 bits per heavy atom. The maximum Gasteiger partial charge on any atom is 0.337 e. The number of rotatable bonds is 8. The van der Waals surface area contributed by atoms with Gasteiger partial charge in [-0.3, -0.25) is 0 Å². The molecule has 1 aromatic rings. The zero-order valence-electron chi connectivity index (χ0n) is 12.3. The molecular formula is C15H22BrNO2S. The molecule has 0 saturated carbocycles. The van der Waals surface area contributed by atoms with E-state index < -0.39 is 0 Å². The molecule has 0 amide bonds. The van der Waals surface area contributed by atoms with Crippen LogP contribution in [0.3, 0.4) is 0 Å². The van der Waals surface area contributed by atoms with E-state index in [0.29, 0.717) is 5.56 Å². The molecule has 0 spiro atoms. The monoisotopic (exact) mass is 359 g/mol. The van der Waals surface area contributed by atoms with Gasteiger partial charge in [0.2, 0.25) is 0 Å². The first-order valence-corrected chi connectivity index (χ1v) is 8.74. The number of nitrogens with zero attached hydrogens (tertiary/aromatic N) is 1. The molecule has 0 aliphatic rings. The van der Waals surface area contributed by atoms with E-state index in [2.05, 4.69) is 34.7 Å². The van der Waals surface area contributed by atoms with Crippen LogP contribution in [0.4, 0.5) is 0 Å². The van der Waals surface area contributed by atoms with Crippen molar-refractivity contribution in [2.24, 2.45) is 0 Å². The van der Waals surface area contributed by atoms with Crippen molar-refractivity contribution in [2.75, 3.05) is 32.5 Å². The first kappa shape index (κ1) is 17.5. The van der Waals surface area contributed by atoms with Crippen LogP contribution in [0.25, 0.3) is 0 Å². The van der Waals surface area contributed by atoms with Crippen LogP contribution in [-0.4, -0.2) is 43.4 Å². The SMILES string of the molecule is CCN(CC)CCSCc1ccc(C(=O)OC)cc1Br. The first-order chi connectivity index (χ1) is 9.62. The molecule has 0 aromatic heterocycles. The van der Waals surface area contributed by atoms with Crippen LogP contribution >= 0.6 is 27.7 Å². The van der Waals surface area contributed by atoms with Gasteiger partial charge >= 0.3 is 5.97 Å². The topological polar surface area (TPSA) is 29.5 Å². The van der Waals surface area contributed by atoms with Crippen LogP contribution in [0.1, 0.15) is 29.8 Å². The Morgan fingerprint density at radius 1 is 1.35 bits per heavy atom. The molecular weight excluding hydrogens is 338 g/mol. The van der Waals surface area contributed by atoms with Crippen molar-refractivity contribution < 1.29 is 9.53 Å². The van der Waals surface area contributed by atoms with Gasteiger partial charge in [-0.05, 0) is 30.8 Å². The van der Waals surface area contributed by atoms with E-state index in [1.807, 2.05) is 30.0 Å². The minimum Gasteiger partial charge on any atom is -0.465 e. The lowest BCUT2D eigenvalue weighted by molar-refractivity contribution is 0.0600. The molecule has 1 aromatic carbocycles. The Morgan fingerprint density at radius 3 is 2.60 bits per heavy atom. The first-order valence-electron chi connectivity index (χ1n) is 6.79. The van der Waals surface area contributed by atoms with Gasteiger partial charge in [0.15, 0.2) is 0 Å². The van der Waals surface area contributed by atoms with E-state index >= 15 is 0 Å². The van der Waals surface area contributed by atoms with Crippen molar-refractivity contribution in [1.29, 1.82) is 0 Å². The molecule has 0 unspecified atom stereocenters. The molecule has 5 heteroatoms. The third-order valence-electron chi connectivity index (χ3n) is 3.18. The Bertz CT molecular complexity index is 436. The number of benzene rings is 1. The average molecular weight is 360 g/mol. The fourth-order valence-corrected chi connectivity index (χ4v) is 3.53. The van der Waals surface area contributed by atoms with Crippen molar-refractivity contribution in [3.63, 3.8) is 0 Å². The van der Waals surface area contributed by atoms with E-state index in [1.165, 1.54) is 12.7 Å². The smallest absolute Gasteiger partial charge is 0.337 e. The summed E-state index contributed by atoms with van der Waals surface area (Å²) in [6, 6.07) is 5.63. The average Bonchev–Trinajstić information content (AvgIpc) is 2.47. The zero-order valence-corrected chi connectivity index (χ0v) is 14.7. The predicted molar refractivity (Wildman–Crippen MR) is 89.4 cm³/mol. The van der Waals surface area contributed by atoms with Crippen LogP contribution in [0.2, 0.25) is 0 Å². The summed E-state index contributed by atoms with van der Waals surface area (Å²) < 4.78 is 5.68. The van der Waals surface area contributed by atoms with Gasteiger partial charge in [0.05, 0.1) is 12.7 Å². The number of hydrogen-bond donors (Lipinski definition) is 0. The van der Waals surface area contributed by atoms with Crippen LogP contribution in [-0.2, 0) is 10.5 Å². The predicted octanol–water partition coefficient (Wildman–Crippen LogP) is 3.81. The third kappa shape index (κ3) is 5.46. The molecule has 112 valence electrons. The van der Waals surface area contributed by atoms with Gasteiger partial charge in [0.25, 0.3) is 0 Å². The molecule has 0 aliphatic carbocycles. The van der Waals surface area contributed by atoms with E-state index in [4.69, 9.17) is 4.74 Å². The molecule has 20 heavy (non-hydrogen) atoms. The second kappa shape index (κ2) is 9.42. The number of carbonyl (C=O) groups is 1. The van der Waals surface area contributed by atoms with Crippen molar-refractivity contribution in [2.45, 2.75) is 19.6 Å². The molecule has 0 N–H and O–H groups in total. The number of methoxy groups -OCH3 is 1. The second-order valence-electron chi connectivity index (χ2n) is 4.38. The Balaban J connectivity index is 2.47. The summed E-state index contributed by atoms with van der Waals surface area (Å²) in [5, 5.41) is 0. The summed E-state index contributed by atoms with van der Waals surface area (Å²) in [6.07, 6.45) is 0. The summed E-state index contributed by atoms with van der Waals surface area (Å²) in [5.41, 5.74) is 1.79. The molecule has 0 bridgehead atoms. The normalized spacial score (nSPS) is 10.8. The summed E-state index contributed by atoms with van der Waals surface area (Å²) in [4.78, 5) is 13.8. The van der Waals surface area contributed by atoms with Gasteiger partial charge in [-0.2, -0.15) is 11.8 Å². The summed E-state index contributed by atoms with van der Waals surface area (Å²) in [7, 11) is 1.40. The zero-order chi connectivity index (χ0) is 15.0. The maximum atomic E-state index is 11.4. The fraction of sp³-hybridized carbons (Fsp3) is 0.533. The lowest BCUT2D eigenvalue weighted by Gasteiger charge is -2.17. The summed E-state index contributed by atoms with van der Waals surface area (Å²) in [5.74, 6) is 1.77. The van der Waals surface area contributed by atoms with Gasteiger partial charge in [0, 0.05) is 22.5 Å². The highest BCUT2D eigenvalue weighted by Crippen LogP contribution is 2.23. The summed E-state index contributed by atoms with van der Waals surface area (Å²) >= 11 is 5.43. The van der Waals surface area contributed by atoms with Gasteiger partial charge < -0.3 is 9.64 Å². The largest absolute Gasteiger partial charge is 0.465 e. The van der Waals surface area contributed by atoms with E-state index in [1.54, 1.807) is 0 Å². The van der Waals surface area contributed by atoms with Crippen molar-refractivity contribution in [3.8, 4) is 0 Å². The van der Waals surface area contributed by atoms with Crippen molar-refractivity contribution in [1.82, 2.24) is 4.90 Å². The number of carbonyl (C=O) groups excluding carboxylic acids is 1. The quantitative estimate of drug-likeness (QED) is 0.521. The van der Waals surface area contributed by atoms with Gasteiger partial charge in [-0.25, -0.2) is 4.79 Å². The van der Waals surface area contributed by atoms with Crippen molar-refractivity contribution >= 4 is 33.7 Å². The fourth-order valence-electron chi connectivity index (χ4n) is 1.82. The highest BCUT2D eigenvalue weighted by Gasteiger charge is 2.08. The molecule has 0 heterocycles. The van der Waals surface area contributed by atoms with E-state index in [9.17, 15) is 4.79 Å². The molecule has 1 rings (SSSR count). The van der Waals surface area contributed by atoms with Gasteiger partial charge in [0.1, 0.15) is 0 Å². The number of thioether (sulfide) groups is 1. The highest BCUT2D eigenvalue weighted by molar-refractivity contribution is 9.10. The second-order valence-corrected chi connectivity index (χ2v) is 6.34. The van der Waals surface area contributed by atoms with Crippen LogP contribution in [0.5, 0.6) is 0 Å². The number of halogens is 1. The molecule has 0 fully saturated rings. The van der Waals surface area contributed by atoms with E-state index in [0.717, 1.165) is 35.6 Å². The molecule has 0 aliphatic heterocycles. The Hall–Kier alpha value is -0.520. The highest BCUT2D eigenvalue weighted by atomic mass is 79.9. The molecule has 0 radical (unpaired) electrons. The summed E-state index contributed by atoms with van der Waals surface area (Å²) in [6.45, 7) is 7.71. The minimum absolute atomic E-state index is 0.300.